The number of rotatable bonds is 4. The highest BCUT2D eigenvalue weighted by atomic mass is 16.5. The van der Waals surface area contributed by atoms with Gasteiger partial charge in [0.15, 0.2) is 0 Å². The van der Waals surface area contributed by atoms with Gasteiger partial charge in [0, 0.05) is 0 Å². The molecule has 3 heteroatoms. The van der Waals surface area contributed by atoms with Crippen LogP contribution in [0.2, 0.25) is 0 Å². The number of aliphatic hydroxyl groups is 2. The van der Waals surface area contributed by atoms with Crippen LogP contribution < -0.4 is 0 Å². The van der Waals surface area contributed by atoms with Gasteiger partial charge in [0.25, 0.3) is 0 Å². The quantitative estimate of drug-likeness (QED) is 0.413. The molecular formula is C6H14O3. The second-order valence-corrected chi connectivity index (χ2v) is 1.06. The van der Waals surface area contributed by atoms with Crippen LogP contribution >= 0.6 is 0 Å². The first-order valence-electron chi connectivity index (χ1n) is 2.71. The highest BCUT2D eigenvalue weighted by Gasteiger charge is 1.79. The summed E-state index contributed by atoms with van der Waals surface area (Å²) in [5, 5.41) is 16.2. The van der Waals surface area contributed by atoms with Gasteiger partial charge in [0.05, 0.1) is 26.4 Å². The van der Waals surface area contributed by atoms with Gasteiger partial charge in [-0.15, -0.1) is 13.2 Å². The third-order valence-corrected chi connectivity index (χ3v) is 0.471. The Kier molecular flexibility index (Phi) is 19.9. The van der Waals surface area contributed by atoms with Crippen molar-refractivity contribution in [2.75, 3.05) is 26.4 Å². The molecule has 0 aliphatic heterocycles. The molecular weight excluding hydrogens is 120 g/mol. The van der Waals surface area contributed by atoms with Crippen molar-refractivity contribution >= 4 is 0 Å². The molecule has 0 aromatic rings. The van der Waals surface area contributed by atoms with E-state index in [0.29, 0.717) is 13.2 Å². The average Bonchev–Trinajstić information content (AvgIpc) is 1.94. The van der Waals surface area contributed by atoms with Gasteiger partial charge in [-0.2, -0.15) is 0 Å². The lowest BCUT2D eigenvalue weighted by Gasteiger charge is -1.94. The Morgan fingerprint density at radius 2 is 1.33 bits per heavy atom. The predicted octanol–water partition coefficient (Wildman–Crippen LogP) is -0.210. The molecule has 0 aliphatic rings. The lowest BCUT2D eigenvalue weighted by Crippen LogP contribution is -2.03. The van der Waals surface area contributed by atoms with Crippen molar-refractivity contribution in [2.45, 2.75) is 0 Å². The van der Waals surface area contributed by atoms with E-state index in [4.69, 9.17) is 10.2 Å². The third-order valence-electron chi connectivity index (χ3n) is 0.471. The van der Waals surface area contributed by atoms with E-state index in [2.05, 4.69) is 17.9 Å². The maximum absolute atomic E-state index is 8.09. The number of hydrogen-bond acceptors (Lipinski definition) is 3. The lowest BCUT2D eigenvalue weighted by molar-refractivity contribution is 0.0650. The lowest BCUT2D eigenvalue weighted by atomic mass is 10.7. The predicted molar refractivity (Wildman–Crippen MR) is 36.2 cm³/mol. The molecule has 56 valence electrons. The average molecular weight is 134 g/mol. The van der Waals surface area contributed by atoms with Gasteiger partial charge >= 0.3 is 0 Å². The SMILES string of the molecule is C=C.OCCOCCO. The van der Waals surface area contributed by atoms with E-state index in [1.54, 1.807) is 0 Å². The van der Waals surface area contributed by atoms with Gasteiger partial charge in [-0.3, -0.25) is 0 Å². The maximum Gasteiger partial charge on any atom is 0.0698 e. The van der Waals surface area contributed by atoms with E-state index < -0.39 is 0 Å². The van der Waals surface area contributed by atoms with E-state index in [1.807, 2.05) is 0 Å². The van der Waals surface area contributed by atoms with Crippen molar-refractivity contribution in [3.05, 3.63) is 13.2 Å². The van der Waals surface area contributed by atoms with Crippen LogP contribution in [-0.4, -0.2) is 36.6 Å². The largest absolute Gasteiger partial charge is 0.394 e. The molecule has 9 heavy (non-hydrogen) atoms. The Balaban J connectivity index is 0. The van der Waals surface area contributed by atoms with E-state index in [1.165, 1.54) is 0 Å². The Morgan fingerprint density at radius 3 is 1.56 bits per heavy atom. The van der Waals surface area contributed by atoms with Gasteiger partial charge in [-0.25, -0.2) is 0 Å². The van der Waals surface area contributed by atoms with E-state index in [0.717, 1.165) is 0 Å². The summed E-state index contributed by atoms with van der Waals surface area (Å²) in [6, 6.07) is 0. The van der Waals surface area contributed by atoms with Crippen LogP contribution in [0, 0.1) is 0 Å². The van der Waals surface area contributed by atoms with Crippen LogP contribution in [0.15, 0.2) is 13.2 Å². The number of ether oxygens (including phenoxy) is 1. The minimum atomic E-state index is 0.0278. The first-order chi connectivity index (χ1) is 4.41. The van der Waals surface area contributed by atoms with E-state index in [-0.39, 0.29) is 13.2 Å². The summed E-state index contributed by atoms with van der Waals surface area (Å²) >= 11 is 0. The normalized spacial score (nSPS) is 7.78. The first kappa shape index (κ1) is 11.4. The van der Waals surface area contributed by atoms with Crippen LogP contribution in [0.25, 0.3) is 0 Å². The van der Waals surface area contributed by atoms with Crippen LogP contribution in [0.1, 0.15) is 0 Å². The standard InChI is InChI=1S/C4H10O3.C2H4/c5-1-3-7-4-2-6;1-2/h5-6H,1-4H2;1-2H2. The zero-order chi connectivity index (χ0) is 7.54. The van der Waals surface area contributed by atoms with Crippen molar-refractivity contribution in [3.63, 3.8) is 0 Å². The summed E-state index contributed by atoms with van der Waals surface area (Å²) in [7, 11) is 0. The second kappa shape index (κ2) is 15.6. The fraction of sp³-hybridized carbons (Fsp3) is 0.667. The van der Waals surface area contributed by atoms with Gasteiger partial charge in [-0.05, 0) is 0 Å². The smallest absolute Gasteiger partial charge is 0.0698 e. The zero-order valence-electron chi connectivity index (χ0n) is 5.55. The molecule has 0 rings (SSSR count). The molecule has 0 saturated carbocycles. The minimum absolute atomic E-state index is 0.0278. The van der Waals surface area contributed by atoms with Crippen LogP contribution in [0.5, 0.6) is 0 Å². The highest BCUT2D eigenvalue weighted by molar-refractivity contribution is 4.24. The van der Waals surface area contributed by atoms with Gasteiger partial charge in [-0.1, -0.05) is 0 Å². The van der Waals surface area contributed by atoms with Crippen molar-refractivity contribution in [2.24, 2.45) is 0 Å². The molecule has 2 N–H and O–H groups in total. The summed E-state index contributed by atoms with van der Waals surface area (Å²) in [4.78, 5) is 0. The van der Waals surface area contributed by atoms with Crippen molar-refractivity contribution in [1.82, 2.24) is 0 Å². The minimum Gasteiger partial charge on any atom is -0.394 e. The number of aliphatic hydroxyl groups excluding tert-OH is 2. The molecule has 0 radical (unpaired) electrons. The molecule has 0 unspecified atom stereocenters. The molecule has 0 fully saturated rings. The zero-order valence-corrected chi connectivity index (χ0v) is 5.55. The second-order valence-electron chi connectivity index (χ2n) is 1.06. The molecule has 0 heterocycles. The molecule has 0 amide bonds. The molecule has 0 atom stereocenters. The fourth-order valence-electron chi connectivity index (χ4n) is 0.231. The number of hydrogen-bond donors (Lipinski definition) is 2. The van der Waals surface area contributed by atoms with Crippen molar-refractivity contribution in [1.29, 1.82) is 0 Å². The molecule has 0 aliphatic carbocycles. The Labute approximate surface area is 55.6 Å². The summed E-state index contributed by atoms with van der Waals surface area (Å²) < 4.78 is 4.63. The Hall–Kier alpha value is -0.380. The van der Waals surface area contributed by atoms with Crippen molar-refractivity contribution < 1.29 is 14.9 Å². The molecule has 0 bridgehead atoms. The third kappa shape index (κ3) is 18.4. The Morgan fingerprint density at radius 1 is 1.00 bits per heavy atom. The fourth-order valence-corrected chi connectivity index (χ4v) is 0.231. The summed E-state index contributed by atoms with van der Waals surface area (Å²) in [5.41, 5.74) is 0. The summed E-state index contributed by atoms with van der Waals surface area (Å²) in [5.74, 6) is 0. The monoisotopic (exact) mass is 134 g/mol. The molecule has 0 spiro atoms. The molecule has 0 saturated heterocycles. The van der Waals surface area contributed by atoms with E-state index >= 15 is 0 Å². The Bertz CT molecular complexity index is 35.3. The van der Waals surface area contributed by atoms with Gasteiger partial charge < -0.3 is 14.9 Å². The van der Waals surface area contributed by atoms with Gasteiger partial charge in [0.1, 0.15) is 0 Å². The first-order valence-corrected chi connectivity index (χ1v) is 2.71. The van der Waals surface area contributed by atoms with Crippen LogP contribution in [0.3, 0.4) is 0 Å². The van der Waals surface area contributed by atoms with Crippen LogP contribution in [-0.2, 0) is 4.74 Å². The summed E-state index contributed by atoms with van der Waals surface area (Å²) in [6.07, 6.45) is 0. The molecule has 3 nitrogen and oxygen atoms in total. The molecule has 0 aromatic carbocycles. The van der Waals surface area contributed by atoms with Gasteiger partial charge in [0.2, 0.25) is 0 Å². The van der Waals surface area contributed by atoms with Crippen LogP contribution in [0.4, 0.5) is 0 Å². The topological polar surface area (TPSA) is 49.7 Å². The van der Waals surface area contributed by atoms with E-state index in [9.17, 15) is 0 Å². The highest BCUT2D eigenvalue weighted by Crippen LogP contribution is 1.68. The van der Waals surface area contributed by atoms with Crippen molar-refractivity contribution in [3.8, 4) is 0 Å². The summed E-state index contributed by atoms with van der Waals surface area (Å²) in [6.45, 7) is 6.70. The maximum atomic E-state index is 8.09. The molecule has 0 aromatic heterocycles.